The van der Waals surface area contributed by atoms with E-state index < -0.39 is 0 Å². The molecule has 0 amide bonds. The third kappa shape index (κ3) is 3.53. The molecular weight excluding hydrogens is 346 g/mol. The van der Waals surface area contributed by atoms with Crippen LogP contribution in [0.1, 0.15) is 24.9 Å². The van der Waals surface area contributed by atoms with Gasteiger partial charge >= 0.3 is 0 Å². The number of hydrogen-bond donors (Lipinski definition) is 1. The molecular formula is C13H17Br2NO. The Hall–Kier alpha value is 0.1000. The number of nitrogens with one attached hydrogen (secondary N) is 1. The van der Waals surface area contributed by atoms with Crippen molar-refractivity contribution in [2.45, 2.75) is 19.4 Å². The van der Waals surface area contributed by atoms with Crippen LogP contribution < -0.4 is 5.32 Å². The van der Waals surface area contributed by atoms with E-state index in [2.05, 4.69) is 62.3 Å². The van der Waals surface area contributed by atoms with Crippen LogP contribution in [0, 0.1) is 5.92 Å². The average Bonchev–Trinajstić information content (AvgIpc) is 2.77. The van der Waals surface area contributed by atoms with Crippen LogP contribution in [0.4, 0.5) is 0 Å². The number of benzene rings is 1. The third-order valence-electron chi connectivity index (χ3n) is 3.10. The topological polar surface area (TPSA) is 21.3 Å². The molecule has 1 aromatic carbocycles. The second kappa shape index (κ2) is 6.32. The summed E-state index contributed by atoms with van der Waals surface area (Å²) < 4.78 is 7.73. The molecule has 0 saturated carbocycles. The van der Waals surface area contributed by atoms with E-state index >= 15 is 0 Å². The molecule has 2 unspecified atom stereocenters. The first-order valence-corrected chi connectivity index (χ1v) is 7.56. The van der Waals surface area contributed by atoms with Gasteiger partial charge in [-0.3, -0.25) is 0 Å². The van der Waals surface area contributed by atoms with E-state index in [0.29, 0.717) is 12.0 Å². The Labute approximate surface area is 119 Å². The lowest BCUT2D eigenvalue weighted by molar-refractivity contribution is 0.177. The van der Waals surface area contributed by atoms with Gasteiger partial charge in [0.05, 0.1) is 6.61 Å². The highest BCUT2D eigenvalue weighted by Crippen LogP contribution is 2.32. The van der Waals surface area contributed by atoms with E-state index in [9.17, 15) is 0 Å². The van der Waals surface area contributed by atoms with Crippen LogP contribution in [0.2, 0.25) is 0 Å². The Balaban J connectivity index is 2.24. The minimum atomic E-state index is 0.385. The molecule has 0 aliphatic carbocycles. The molecule has 0 aromatic heterocycles. The van der Waals surface area contributed by atoms with Crippen molar-refractivity contribution in [1.29, 1.82) is 0 Å². The Morgan fingerprint density at radius 3 is 2.59 bits per heavy atom. The zero-order valence-electron chi connectivity index (χ0n) is 9.88. The first-order chi connectivity index (χ1) is 8.20. The fourth-order valence-electron chi connectivity index (χ4n) is 2.35. The molecule has 1 aliphatic heterocycles. The van der Waals surface area contributed by atoms with Gasteiger partial charge in [-0.25, -0.2) is 0 Å². The summed E-state index contributed by atoms with van der Waals surface area (Å²) in [6.07, 6.45) is 1.14. The summed E-state index contributed by atoms with van der Waals surface area (Å²) in [5.41, 5.74) is 1.32. The molecule has 4 heteroatoms. The molecule has 17 heavy (non-hydrogen) atoms. The molecule has 0 spiro atoms. The second-order valence-electron chi connectivity index (χ2n) is 4.36. The fraction of sp³-hybridized carbons (Fsp3) is 0.538. The smallest absolute Gasteiger partial charge is 0.0513 e. The monoisotopic (exact) mass is 361 g/mol. The van der Waals surface area contributed by atoms with Crippen LogP contribution >= 0.6 is 31.9 Å². The van der Waals surface area contributed by atoms with Crippen LogP contribution in [0.15, 0.2) is 27.1 Å². The summed E-state index contributed by atoms with van der Waals surface area (Å²) in [5.74, 6) is 0.580. The number of ether oxygens (including phenoxy) is 1. The van der Waals surface area contributed by atoms with Crippen LogP contribution in [0.5, 0.6) is 0 Å². The van der Waals surface area contributed by atoms with Crippen LogP contribution in [-0.2, 0) is 4.74 Å². The van der Waals surface area contributed by atoms with E-state index in [1.807, 2.05) is 0 Å². The predicted octanol–water partition coefficient (Wildman–Crippen LogP) is 3.90. The van der Waals surface area contributed by atoms with Crippen LogP contribution in [-0.4, -0.2) is 19.8 Å². The maximum absolute atomic E-state index is 5.50. The molecule has 1 heterocycles. The molecule has 2 rings (SSSR count). The second-order valence-corrected chi connectivity index (χ2v) is 6.19. The van der Waals surface area contributed by atoms with E-state index in [1.165, 1.54) is 5.56 Å². The normalized spacial score (nSPS) is 21.7. The van der Waals surface area contributed by atoms with Crippen molar-refractivity contribution >= 4 is 31.9 Å². The first kappa shape index (κ1) is 13.5. The van der Waals surface area contributed by atoms with Gasteiger partial charge in [-0.05, 0) is 36.7 Å². The highest BCUT2D eigenvalue weighted by molar-refractivity contribution is 9.11. The van der Waals surface area contributed by atoms with Crippen molar-refractivity contribution in [3.63, 3.8) is 0 Å². The molecule has 1 aromatic rings. The Morgan fingerprint density at radius 2 is 2.06 bits per heavy atom. The standard InChI is InChI=1S/C13H17Br2NO/c1-2-16-13(9-3-4-17-8-9)10-5-11(14)7-12(15)6-10/h5-7,9,13,16H,2-4,8H2,1H3. The molecule has 2 nitrogen and oxygen atoms in total. The van der Waals surface area contributed by atoms with Crippen molar-refractivity contribution in [3.8, 4) is 0 Å². The number of rotatable bonds is 4. The maximum Gasteiger partial charge on any atom is 0.0513 e. The van der Waals surface area contributed by atoms with E-state index in [1.54, 1.807) is 0 Å². The molecule has 1 N–H and O–H groups in total. The predicted molar refractivity (Wildman–Crippen MR) is 77.2 cm³/mol. The van der Waals surface area contributed by atoms with E-state index in [0.717, 1.165) is 35.1 Å². The number of hydrogen-bond acceptors (Lipinski definition) is 2. The van der Waals surface area contributed by atoms with Crippen molar-refractivity contribution in [3.05, 3.63) is 32.7 Å². The number of halogens is 2. The minimum Gasteiger partial charge on any atom is -0.381 e. The van der Waals surface area contributed by atoms with Gasteiger partial charge in [0.1, 0.15) is 0 Å². The summed E-state index contributed by atoms with van der Waals surface area (Å²) in [6.45, 7) is 4.88. The highest BCUT2D eigenvalue weighted by atomic mass is 79.9. The fourth-order valence-corrected chi connectivity index (χ4v) is 3.68. The van der Waals surface area contributed by atoms with Gasteiger partial charge in [-0.1, -0.05) is 38.8 Å². The van der Waals surface area contributed by atoms with Gasteiger partial charge < -0.3 is 10.1 Å². The summed E-state index contributed by atoms with van der Waals surface area (Å²) >= 11 is 7.10. The lowest BCUT2D eigenvalue weighted by atomic mass is 9.92. The van der Waals surface area contributed by atoms with E-state index in [4.69, 9.17) is 4.74 Å². The van der Waals surface area contributed by atoms with E-state index in [-0.39, 0.29) is 0 Å². The molecule has 94 valence electrons. The molecule has 1 saturated heterocycles. The Kier molecular flexibility index (Phi) is 5.03. The first-order valence-electron chi connectivity index (χ1n) is 5.98. The quantitative estimate of drug-likeness (QED) is 0.876. The third-order valence-corrected chi connectivity index (χ3v) is 4.02. The summed E-state index contributed by atoms with van der Waals surface area (Å²) in [6, 6.07) is 6.83. The van der Waals surface area contributed by atoms with Gasteiger partial charge in [0.15, 0.2) is 0 Å². The SMILES string of the molecule is CCNC(c1cc(Br)cc(Br)c1)C1CCOC1. The highest BCUT2D eigenvalue weighted by Gasteiger charge is 2.26. The van der Waals surface area contributed by atoms with Crippen molar-refractivity contribution in [2.75, 3.05) is 19.8 Å². The zero-order valence-corrected chi connectivity index (χ0v) is 13.1. The maximum atomic E-state index is 5.50. The molecule has 0 bridgehead atoms. The van der Waals surface area contributed by atoms with Crippen molar-refractivity contribution < 1.29 is 4.74 Å². The van der Waals surface area contributed by atoms with Gasteiger partial charge in [0, 0.05) is 27.5 Å². The molecule has 2 atom stereocenters. The summed E-state index contributed by atoms with van der Waals surface area (Å²) in [4.78, 5) is 0. The summed E-state index contributed by atoms with van der Waals surface area (Å²) in [7, 11) is 0. The average molecular weight is 363 g/mol. The van der Waals surface area contributed by atoms with Crippen molar-refractivity contribution in [2.24, 2.45) is 5.92 Å². The van der Waals surface area contributed by atoms with Gasteiger partial charge in [-0.15, -0.1) is 0 Å². The zero-order chi connectivity index (χ0) is 12.3. The Morgan fingerprint density at radius 1 is 1.35 bits per heavy atom. The summed E-state index contributed by atoms with van der Waals surface area (Å²) in [5, 5.41) is 3.57. The Bertz CT molecular complexity index is 357. The lowest BCUT2D eigenvalue weighted by Gasteiger charge is -2.24. The van der Waals surface area contributed by atoms with Crippen LogP contribution in [0.3, 0.4) is 0 Å². The molecule has 0 radical (unpaired) electrons. The minimum absolute atomic E-state index is 0.385. The molecule has 1 fully saturated rings. The van der Waals surface area contributed by atoms with Gasteiger partial charge in [-0.2, -0.15) is 0 Å². The largest absolute Gasteiger partial charge is 0.381 e. The van der Waals surface area contributed by atoms with Gasteiger partial charge in [0.25, 0.3) is 0 Å². The van der Waals surface area contributed by atoms with Crippen LogP contribution in [0.25, 0.3) is 0 Å². The molecule has 1 aliphatic rings. The van der Waals surface area contributed by atoms with Gasteiger partial charge in [0.2, 0.25) is 0 Å². The lowest BCUT2D eigenvalue weighted by Crippen LogP contribution is -2.28. The van der Waals surface area contributed by atoms with Crippen molar-refractivity contribution in [1.82, 2.24) is 5.32 Å².